The molecular formula is C28H29NO4. The molecule has 5 nitrogen and oxygen atoms in total. The van der Waals surface area contributed by atoms with Crippen molar-refractivity contribution in [2.24, 2.45) is 0 Å². The Morgan fingerprint density at radius 2 is 1.61 bits per heavy atom. The molecule has 0 aliphatic heterocycles. The smallest absolute Gasteiger partial charge is 0.338 e. The topological polar surface area (TPSA) is 60.6 Å². The number of esters is 1. The number of ether oxygens (including phenoxy) is 3. The number of fused-ring (bicyclic) bond motifs is 1. The summed E-state index contributed by atoms with van der Waals surface area (Å²) in [5.41, 5.74) is 6.99. The van der Waals surface area contributed by atoms with Crippen molar-refractivity contribution in [3.05, 3.63) is 71.8 Å². The number of aromatic amines is 1. The van der Waals surface area contributed by atoms with Crippen LogP contribution in [0.1, 0.15) is 42.6 Å². The molecule has 0 bridgehead atoms. The van der Waals surface area contributed by atoms with Crippen LogP contribution in [0.2, 0.25) is 0 Å². The van der Waals surface area contributed by atoms with Crippen molar-refractivity contribution in [1.29, 1.82) is 0 Å². The molecule has 0 spiro atoms. The third kappa shape index (κ3) is 4.31. The van der Waals surface area contributed by atoms with Gasteiger partial charge in [-0.3, -0.25) is 0 Å². The molecule has 0 atom stereocenters. The molecule has 0 aliphatic carbocycles. The van der Waals surface area contributed by atoms with Gasteiger partial charge < -0.3 is 19.2 Å². The first-order valence-electron chi connectivity index (χ1n) is 11.1. The maximum absolute atomic E-state index is 12.2. The van der Waals surface area contributed by atoms with Gasteiger partial charge >= 0.3 is 5.97 Å². The molecular weight excluding hydrogens is 414 g/mol. The van der Waals surface area contributed by atoms with E-state index in [1.807, 2.05) is 43.3 Å². The van der Waals surface area contributed by atoms with Gasteiger partial charge in [0.2, 0.25) is 0 Å². The minimum atomic E-state index is -0.305. The fraction of sp³-hybridized carbons (Fsp3) is 0.250. The number of H-pyrrole nitrogens is 1. The SMILES string of the molecule is CCOC(=O)c1cccc(-c2ccc3[nH]c(-c4ccc(OC)c(OC)c4)c(C(C)C)c3c2)c1. The monoisotopic (exact) mass is 443 g/mol. The second-order valence-corrected chi connectivity index (χ2v) is 8.20. The Kier molecular flexibility index (Phi) is 6.40. The second kappa shape index (κ2) is 9.41. The summed E-state index contributed by atoms with van der Waals surface area (Å²) in [6.07, 6.45) is 0. The van der Waals surface area contributed by atoms with E-state index < -0.39 is 0 Å². The van der Waals surface area contributed by atoms with Crippen molar-refractivity contribution >= 4 is 16.9 Å². The van der Waals surface area contributed by atoms with Crippen molar-refractivity contribution < 1.29 is 19.0 Å². The average molecular weight is 444 g/mol. The van der Waals surface area contributed by atoms with Crippen LogP contribution in [-0.2, 0) is 4.74 Å². The molecule has 1 N–H and O–H groups in total. The van der Waals surface area contributed by atoms with Crippen LogP contribution >= 0.6 is 0 Å². The number of hydrogen-bond acceptors (Lipinski definition) is 4. The highest BCUT2D eigenvalue weighted by molar-refractivity contribution is 5.95. The molecule has 3 aromatic carbocycles. The number of benzene rings is 3. The summed E-state index contributed by atoms with van der Waals surface area (Å²) in [7, 11) is 3.28. The minimum absolute atomic E-state index is 0.294. The molecule has 5 heteroatoms. The van der Waals surface area contributed by atoms with Gasteiger partial charge in [-0.1, -0.05) is 32.0 Å². The molecule has 0 radical (unpaired) electrons. The quantitative estimate of drug-likeness (QED) is 0.318. The molecule has 0 aliphatic rings. The number of carbonyl (C=O) groups is 1. The van der Waals surface area contributed by atoms with E-state index in [1.165, 1.54) is 5.56 Å². The Labute approximate surface area is 194 Å². The van der Waals surface area contributed by atoms with Gasteiger partial charge in [0, 0.05) is 16.5 Å². The number of nitrogens with one attached hydrogen (secondary N) is 1. The highest BCUT2D eigenvalue weighted by Gasteiger charge is 2.18. The summed E-state index contributed by atoms with van der Waals surface area (Å²) in [4.78, 5) is 15.8. The maximum atomic E-state index is 12.2. The van der Waals surface area contributed by atoms with Crippen LogP contribution in [0.5, 0.6) is 11.5 Å². The fourth-order valence-corrected chi connectivity index (χ4v) is 4.25. The molecule has 0 saturated heterocycles. The van der Waals surface area contributed by atoms with Gasteiger partial charge in [-0.15, -0.1) is 0 Å². The molecule has 1 aromatic heterocycles. The summed E-state index contributed by atoms with van der Waals surface area (Å²) < 4.78 is 16.1. The zero-order chi connectivity index (χ0) is 23.5. The van der Waals surface area contributed by atoms with Crippen molar-refractivity contribution in [2.45, 2.75) is 26.7 Å². The van der Waals surface area contributed by atoms with Gasteiger partial charge in [0.05, 0.1) is 32.1 Å². The van der Waals surface area contributed by atoms with Gasteiger partial charge in [0.25, 0.3) is 0 Å². The zero-order valence-corrected chi connectivity index (χ0v) is 19.7. The second-order valence-electron chi connectivity index (χ2n) is 8.20. The lowest BCUT2D eigenvalue weighted by Crippen LogP contribution is -2.04. The van der Waals surface area contributed by atoms with Gasteiger partial charge in [0.1, 0.15) is 0 Å². The highest BCUT2D eigenvalue weighted by atomic mass is 16.5. The van der Waals surface area contributed by atoms with E-state index in [0.717, 1.165) is 33.3 Å². The molecule has 0 saturated carbocycles. The van der Waals surface area contributed by atoms with Crippen LogP contribution in [0.15, 0.2) is 60.7 Å². The van der Waals surface area contributed by atoms with Crippen LogP contribution in [0.3, 0.4) is 0 Å². The van der Waals surface area contributed by atoms with Gasteiger partial charge in [-0.2, -0.15) is 0 Å². The van der Waals surface area contributed by atoms with E-state index in [0.29, 0.717) is 29.6 Å². The molecule has 4 rings (SSSR count). The van der Waals surface area contributed by atoms with Crippen LogP contribution in [0, 0.1) is 0 Å². The molecule has 0 amide bonds. The molecule has 33 heavy (non-hydrogen) atoms. The van der Waals surface area contributed by atoms with Crippen LogP contribution in [0.25, 0.3) is 33.3 Å². The average Bonchev–Trinajstić information content (AvgIpc) is 3.23. The predicted molar refractivity (Wildman–Crippen MR) is 132 cm³/mol. The third-order valence-corrected chi connectivity index (χ3v) is 5.80. The first kappa shape index (κ1) is 22.5. The van der Waals surface area contributed by atoms with Crippen molar-refractivity contribution in [3.8, 4) is 33.9 Å². The Bertz CT molecular complexity index is 1300. The van der Waals surface area contributed by atoms with Crippen molar-refractivity contribution in [3.63, 3.8) is 0 Å². The lowest BCUT2D eigenvalue weighted by Gasteiger charge is -2.12. The highest BCUT2D eigenvalue weighted by Crippen LogP contribution is 2.40. The molecule has 0 unspecified atom stereocenters. The number of carbonyl (C=O) groups excluding carboxylic acids is 1. The fourth-order valence-electron chi connectivity index (χ4n) is 4.25. The standard InChI is InChI=1S/C28H29NO4/c1-6-33-28(30)21-9-7-8-18(14-21)19-10-12-23-22(15-19)26(17(2)3)27(29-23)20-11-13-24(31-4)25(16-20)32-5/h7-17,29H,6H2,1-5H3. The number of hydrogen-bond donors (Lipinski definition) is 1. The van der Waals surface area contributed by atoms with Crippen LogP contribution in [0.4, 0.5) is 0 Å². The summed E-state index contributed by atoms with van der Waals surface area (Å²) >= 11 is 0. The van der Waals surface area contributed by atoms with Gasteiger partial charge in [-0.05, 0) is 72.0 Å². The molecule has 4 aromatic rings. The molecule has 170 valence electrons. The van der Waals surface area contributed by atoms with E-state index in [2.05, 4.69) is 37.0 Å². The number of rotatable bonds is 7. The first-order valence-corrected chi connectivity index (χ1v) is 11.1. The van der Waals surface area contributed by atoms with E-state index in [4.69, 9.17) is 14.2 Å². The summed E-state index contributed by atoms with van der Waals surface area (Å²) in [6, 6.07) is 19.9. The summed E-state index contributed by atoms with van der Waals surface area (Å²) in [6.45, 7) is 6.56. The Balaban J connectivity index is 1.84. The third-order valence-electron chi connectivity index (χ3n) is 5.80. The van der Waals surface area contributed by atoms with E-state index >= 15 is 0 Å². The van der Waals surface area contributed by atoms with Crippen LogP contribution < -0.4 is 9.47 Å². The zero-order valence-electron chi connectivity index (χ0n) is 19.7. The summed E-state index contributed by atoms with van der Waals surface area (Å²) in [5.74, 6) is 1.38. The van der Waals surface area contributed by atoms with Crippen molar-refractivity contribution in [2.75, 3.05) is 20.8 Å². The largest absolute Gasteiger partial charge is 0.493 e. The van der Waals surface area contributed by atoms with Gasteiger partial charge in [0.15, 0.2) is 11.5 Å². The first-order chi connectivity index (χ1) is 16.0. The van der Waals surface area contributed by atoms with Crippen LogP contribution in [-0.4, -0.2) is 31.8 Å². The Morgan fingerprint density at radius 3 is 2.30 bits per heavy atom. The lowest BCUT2D eigenvalue weighted by molar-refractivity contribution is 0.0526. The summed E-state index contributed by atoms with van der Waals surface area (Å²) in [5, 5.41) is 1.16. The number of methoxy groups -OCH3 is 2. The van der Waals surface area contributed by atoms with E-state index in [1.54, 1.807) is 20.3 Å². The maximum Gasteiger partial charge on any atom is 0.338 e. The normalized spacial score (nSPS) is 11.1. The Hall–Kier alpha value is -3.73. The van der Waals surface area contributed by atoms with E-state index in [9.17, 15) is 4.79 Å². The van der Waals surface area contributed by atoms with Gasteiger partial charge in [-0.25, -0.2) is 4.79 Å². The lowest BCUT2D eigenvalue weighted by atomic mass is 9.94. The minimum Gasteiger partial charge on any atom is -0.493 e. The molecule has 0 fully saturated rings. The van der Waals surface area contributed by atoms with Crippen molar-refractivity contribution in [1.82, 2.24) is 4.98 Å². The number of aromatic nitrogens is 1. The molecule has 1 heterocycles. The van der Waals surface area contributed by atoms with E-state index in [-0.39, 0.29) is 5.97 Å². The Morgan fingerprint density at radius 1 is 0.879 bits per heavy atom. The predicted octanol–water partition coefficient (Wildman–Crippen LogP) is 6.82.